The van der Waals surface area contributed by atoms with E-state index in [0.29, 0.717) is 12.8 Å². The standard InChI is InChI=1S/C36H70O4S/c1-32(2)27-23-19-15-11-7-5-9-13-17-21-25-29-36(35(39)40,41-31-34(37)38)30-26-22-18-14-10-6-8-12-16-20-24-28-33(3)4/h32-33H,5-31H2,1-4H3,(H,37,38)(H,39,40). The topological polar surface area (TPSA) is 74.6 Å². The lowest BCUT2D eigenvalue weighted by molar-refractivity contribution is -0.140. The molecule has 0 saturated carbocycles. The third-order valence-corrected chi connectivity index (χ3v) is 10.1. The molecule has 2 N–H and O–H groups in total. The monoisotopic (exact) mass is 598 g/mol. The van der Waals surface area contributed by atoms with Gasteiger partial charge in [0.2, 0.25) is 0 Å². The van der Waals surface area contributed by atoms with E-state index < -0.39 is 16.7 Å². The van der Waals surface area contributed by atoms with Crippen LogP contribution in [0.3, 0.4) is 0 Å². The Morgan fingerprint density at radius 1 is 0.488 bits per heavy atom. The van der Waals surface area contributed by atoms with E-state index in [1.807, 2.05) is 0 Å². The zero-order chi connectivity index (χ0) is 30.6. The summed E-state index contributed by atoms with van der Waals surface area (Å²) in [5.41, 5.74) is 0. The van der Waals surface area contributed by atoms with Crippen LogP contribution >= 0.6 is 11.8 Å². The van der Waals surface area contributed by atoms with Crippen molar-refractivity contribution in [1.29, 1.82) is 0 Å². The third-order valence-electron chi connectivity index (χ3n) is 8.59. The first-order chi connectivity index (χ1) is 19.7. The highest BCUT2D eigenvalue weighted by Gasteiger charge is 2.38. The van der Waals surface area contributed by atoms with Gasteiger partial charge in [-0.3, -0.25) is 9.59 Å². The van der Waals surface area contributed by atoms with Gasteiger partial charge in [-0.25, -0.2) is 0 Å². The maximum atomic E-state index is 12.4. The van der Waals surface area contributed by atoms with Crippen LogP contribution in [0.5, 0.6) is 0 Å². The zero-order valence-electron chi connectivity index (χ0n) is 27.9. The summed E-state index contributed by atoms with van der Waals surface area (Å²) in [6.07, 6.45) is 31.4. The minimum Gasteiger partial charge on any atom is -0.481 e. The van der Waals surface area contributed by atoms with Crippen LogP contribution in [-0.2, 0) is 9.59 Å². The van der Waals surface area contributed by atoms with Crippen molar-refractivity contribution in [3.05, 3.63) is 0 Å². The molecule has 0 aromatic heterocycles. The molecule has 0 aromatic rings. The molecule has 0 saturated heterocycles. The van der Waals surface area contributed by atoms with Gasteiger partial charge in [0.05, 0.1) is 5.75 Å². The predicted octanol–water partition coefficient (Wildman–Crippen LogP) is 12.1. The number of carbonyl (C=O) groups is 2. The smallest absolute Gasteiger partial charge is 0.319 e. The van der Waals surface area contributed by atoms with Gasteiger partial charge >= 0.3 is 11.9 Å². The highest BCUT2D eigenvalue weighted by molar-refractivity contribution is 8.02. The van der Waals surface area contributed by atoms with Crippen molar-refractivity contribution < 1.29 is 19.8 Å². The van der Waals surface area contributed by atoms with Gasteiger partial charge in [0.15, 0.2) is 0 Å². The molecule has 0 aliphatic heterocycles. The summed E-state index contributed by atoms with van der Waals surface area (Å²) in [7, 11) is 0. The van der Waals surface area contributed by atoms with E-state index in [1.165, 1.54) is 116 Å². The van der Waals surface area contributed by atoms with Crippen LogP contribution in [0.1, 0.15) is 195 Å². The molecule has 5 heteroatoms. The fourth-order valence-corrected chi connectivity index (χ4v) is 6.95. The third kappa shape index (κ3) is 26.6. The van der Waals surface area contributed by atoms with Gasteiger partial charge in [-0.05, 0) is 24.7 Å². The van der Waals surface area contributed by atoms with Gasteiger partial charge < -0.3 is 10.2 Å². The molecule has 0 spiro atoms. The molecule has 0 aliphatic rings. The molecule has 0 fully saturated rings. The summed E-state index contributed by atoms with van der Waals surface area (Å²) >= 11 is 1.15. The van der Waals surface area contributed by atoms with Crippen LogP contribution < -0.4 is 0 Å². The second-order valence-electron chi connectivity index (χ2n) is 13.6. The maximum absolute atomic E-state index is 12.4. The number of rotatable bonds is 32. The molecule has 0 atom stereocenters. The Bertz CT molecular complexity index is 570. The molecule has 0 heterocycles. The van der Waals surface area contributed by atoms with E-state index in [4.69, 9.17) is 0 Å². The van der Waals surface area contributed by atoms with Crippen LogP contribution in [0.2, 0.25) is 0 Å². The summed E-state index contributed by atoms with van der Waals surface area (Å²) in [6.45, 7) is 9.21. The first-order valence-corrected chi connectivity index (χ1v) is 18.8. The maximum Gasteiger partial charge on any atom is 0.319 e. The van der Waals surface area contributed by atoms with E-state index in [1.54, 1.807) is 0 Å². The van der Waals surface area contributed by atoms with E-state index in [0.717, 1.165) is 62.1 Å². The summed E-state index contributed by atoms with van der Waals surface area (Å²) in [5, 5.41) is 19.4. The number of carboxylic acids is 2. The Balaban J connectivity index is 4.05. The summed E-state index contributed by atoms with van der Waals surface area (Å²) in [5.74, 6) is -0.197. The molecule has 0 radical (unpaired) electrons. The predicted molar refractivity (Wildman–Crippen MR) is 180 cm³/mol. The Kier molecular flexibility index (Phi) is 27.6. The van der Waals surface area contributed by atoms with Gasteiger partial charge in [-0.1, -0.05) is 182 Å². The summed E-state index contributed by atoms with van der Waals surface area (Å²) in [6, 6.07) is 0. The molecule has 0 unspecified atom stereocenters. The molecule has 0 aliphatic carbocycles. The zero-order valence-corrected chi connectivity index (χ0v) is 28.7. The van der Waals surface area contributed by atoms with Gasteiger partial charge in [-0.2, -0.15) is 0 Å². The van der Waals surface area contributed by atoms with E-state index in [9.17, 15) is 19.8 Å². The fourth-order valence-electron chi connectivity index (χ4n) is 5.85. The molecular weight excluding hydrogens is 528 g/mol. The number of unbranched alkanes of at least 4 members (excludes halogenated alkanes) is 20. The molecule has 41 heavy (non-hydrogen) atoms. The van der Waals surface area contributed by atoms with E-state index >= 15 is 0 Å². The molecule has 0 amide bonds. The van der Waals surface area contributed by atoms with Gasteiger partial charge in [-0.15, -0.1) is 11.8 Å². The number of carboxylic acid groups (broad SMARTS) is 2. The Hall–Kier alpha value is -0.710. The lowest BCUT2D eigenvalue weighted by Crippen LogP contribution is -2.36. The first kappa shape index (κ1) is 40.3. The molecule has 0 bridgehead atoms. The molecule has 0 aromatic carbocycles. The minimum atomic E-state index is -0.941. The Morgan fingerprint density at radius 3 is 1.00 bits per heavy atom. The quantitative estimate of drug-likeness (QED) is 0.0753. The van der Waals surface area contributed by atoms with Gasteiger partial charge in [0.25, 0.3) is 0 Å². The van der Waals surface area contributed by atoms with Crippen LogP contribution in [-0.4, -0.2) is 32.7 Å². The van der Waals surface area contributed by atoms with Crippen molar-refractivity contribution in [2.75, 3.05) is 5.75 Å². The summed E-state index contributed by atoms with van der Waals surface area (Å²) < 4.78 is -0.941. The SMILES string of the molecule is CC(C)CCCCCCCCCCCCCC(CCCCCCCCCCCCCC(C)C)(SCC(=O)O)C(=O)O. The average molecular weight is 599 g/mol. The molecule has 0 rings (SSSR count). The van der Waals surface area contributed by atoms with Crippen LogP contribution in [0.15, 0.2) is 0 Å². The Labute approximate surface area is 260 Å². The van der Waals surface area contributed by atoms with Crippen molar-refractivity contribution in [3.8, 4) is 0 Å². The normalized spacial score (nSPS) is 12.0. The first-order valence-electron chi connectivity index (χ1n) is 17.8. The van der Waals surface area contributed by atoms with Crippen LogP contribution in [0.25, 0.3) is 0 Å². The lowest BCUT2D eigenvalue weighted by atomic mass is 9.93. The number of hydrogen-bond acceptors (Lipinski definition) is 3. The highest BCUT2D eigenvalue weighted by atomic mass is 32.2. The molecular formula is C36H70O4S. The van der Waals surface area contributed by atoms with Crippen LogP contribution in [0, 0.1) is 11.8 Å². The molecule has 244 valence electrons. The highest BCUT2D eigenvalue weighted by Crippen LogP contribution is 2.37. The fraction of sp³-hybridized carbons (Fsp3) is 0.944. The lowest BCUT2D eigenvalue weighted by Gasteiger charge is -2.28. The van der Waals surface area contributed by atoms with Crippen molar-refractivity contribution in [1.82, 2.24) is 0 Å². The van der Waals surface area contributed by atoms with Crippen molar-refractivity contribution in [2.45, 2.75) is 199 Å². The Morgan fingerprint density at radius 2 is 0.756 bits per heavy atom. The molecule has 4 nitrogen and oxygen atoms in total. The van der Waals surface area contributed by atoms with Crippen molar-refractivity contribution in [3.63, 3.8) is 0 Å². The largest absolute Gasteiger partial charge is 0.481 e. The average Bonchev–Trinajstić information content (AvgIpc) is 2.91. The van der Waals surface area contributed by atoms with Gasteiger partial charge in [0, 0.05) is 0 Å². The van der Waals surface area contributed by atoms with Crippen molar-refractivity contribution in [2.24, 2.45) is 11.8 Å². The van der Waals surface area contributed by atoms with Gasteiger partial charge in [0.1, 0.15) is 4.75 Å². The summed E-state index contributed by atoms with van der Waals surface area (Å²) in [4.78, 5) is 23.6. The van der Waals surface area contributed by atoms with E-state index in [-0.39, 0.29) is 5.75 Å². The second-order valence-corrected chi connectivity index (χ2v) is 15.0. The minimum absolute atomic E-state index is 0.124. The number of hydrogen-bond donors (Lipinski definition) is 2. The van der Waals surface area contributed by atoms with E-state index in [2.05, 4.69) is 27.7 Å². The number of aliphatic carboxylic acids is 2. The second kappa shape index (κ2) is 28.1. The van der Waals surface area contributed by atoms with Crippen LogP contribution in [0.4, 0.5) is 0 Å². The number of thioether (sulfide) groups is 1. The van der Waals surface area contributed by atoms with Crippen molar-refractivity contribution >= 4 is 23.7 Å².